The van der Waals surface area contributed by atoms with Crippen molar-refractivity contribution in [2.75, 3.05) is 33.0 Å². The predicted octanol–water partition coefficient (Wildman–Crippen LogP) is 1.40. The topological polar surface area (TPSA) is 54.0 Å². The van der Waals surface area contributed by atoms with Crippen molar-refractivity contribution < 1.29 is 14.3 Å². The van der Waals surface area contributed by atoms with Crippen LogP contribution in [0.1, 0.15) is 18.4 Å². The second-order valence-corrected chi connectivity index (χ2v) is 6.10. The Morgan fingerprint density at radius 2 is 1.91 bits per heavy atom. The number of nitrogens with zero attached hydrogens (tertiary/aromatic N) is 2. The molecule has 2 heterocycles. The van der Waals surface area contributed by atoms with Gasteiger partial charge in [-0.05, 0) is 30.5 Å². The van der Waals surface area contributed by atoms with Crippen molar-refractivity contribution in [3.63, 3.8) is 0 Å². The van der Waals surface area contributed by atoms with Crippen LogP contribution in [0.15, 0.2) is 18.2 Å². The molecule has 0 radical (unpaired) electrons. The molecule has 2 aliphatic heterocycles. The molecule has 22 heavy (non-hydrogen) atoms. The fourth-order valence-corrected chi connectivity index (χ4v) is 3.07. The summed E-state index contributed by atoms with van der Waals surface area (Å²) in [4.78, 5) is 16.6. The average Bonchev–Trinajstić information content (AvgIpc) is 3.30. The molecular formula is C16H21N3O3. The van der Waals surface area contributed by atoms with Crippen LogP contribution in [-0.4, -0.2) is 54.8 Å². The maximum atomic E-state index is 12.2. The molecule has 1 saturated heterocycles. The average molecular weight is 303 g/mol. The first-order valence-corrected chi connectivity index (χ1v) is 7.95. The van der Waals surface area contributed by atoms with E-state index in [1.54, 1.807) is 0 Å². The zero-order valence-corrected chi connectivity index (χ0v) is 12.6. The Morgan fingerprint density at radius 1 is 1.14 bits per heavy atom. The lowest BCUT2D eigenvalue weighted by Gasteiger charge is -2.34. The zero-order valence-electron chi connectivity index (χ0n) is 12.6. The van der Waals surface area contributed by atoms with Crippen LogP contribution in [0.3, 0.4) is 0 Å². The molecule has 2 fully saturated rings. The number of amides is 2. The zero-order chi connectivity index (χ0) is 14.9. The highest BCUT2D eigenvalue weighted by Gasteiger charge is 2.32. The van der Waals surface area contributed by atoms with Crippen LogP contribution >= 0.6 is 0 Å². The van der Waals surface area contributed by atoms with Gasteiger partial charge in [0.15, 0.2) is 11.5 Å². The molecule has 6 nitrogen and oxygen atoms in total. The van der Waals surface area contributed by atoms with E-state index in [0.717, 1.165) is 49.3 Å². The molecule has 0 spiro atoms. The van der Waals surface area contributed by atoms with Crippen molar-refractivity contribution in [2.45, 2.75) is 25.4 Å². The molecule has 1 aromatic carbocycles. The SMILES string of the molecule is O=C(NCc1ccc2c(c1)OCO2)N1CCN(C2CC2)CC1. The second-order valence-electron chi connectivity index (χ2n) is 6.10. The molecule has 0 aromatic heterocycles. The predicted molar refractivity (Wildman–Crippen MR) is 81.0 cm³/mol. The molecule has 118 valence electrons. The summed E-state index contributed by atoms with van der Waals surface area (Å²) in [6.45, 7) is 4.44. The van der Waals surface area contributed by atoms with Crippen molar-refractivity contribution in [2.24, 2.45) is 0 Å². The lowest BCUT2D eigenvalue weighted by molar-refractivity contribution is 0.134. The summed E-state index contributed by atoms with van der Waals surface area (Å²) in [7, 11) is 0. The first-order valence-electron chi connectivity index (χ1n) is 7.95. The van der Waals surface area contributed by atoms with E-state index < -0.39 is 0 Å². The van der Waals surface area contributed by atoms with Crippen molar-refractivity contribution in [1.29, 1.82) is 0 Å². The third kappa shape index (κ3) is 2.83. The van der Waals surface area contributed by atoms with E-state index in [-0.39, 0.29) is 12.8 Å². The van der Waals surface area contributed by atoms with E-state index in [0.29, 0.717) is 6.54 Å². The number of hydrogen-bond donors (Lipinski definition) is 1. The molecule has 1 N–H and O–H groups in total. The number of benzene rings is 1. The molecule has 4 rings (SSSR count). The summed E-state index contributed by atoms with van der Waals surface area (Å²) in [6, 6.07) is 6.58. The monoisotopic (exact) mass is 303 g/mol. The smallest absolute Gasteiger partial charge is 0.317 e. The maximum absolute atomic E-state index is 12.2. The van der Waals surface area contributed by atoms with Crippen molar-refractivity contribution in [3.8, 4) is 11.5 Å². The Hall–Kier alpha value is -1.95. The standard InChI is InChI=1S/C16H21N3O3/c20-16(19-7-5-18(6-8-19)13-2-3-13)17-10-12-1-4-14-15(9-12)22-11-21-14/h1,4,9,13H,2-3,5-8,10-11H2,(H,17,20). The Morgan fingerprint density at radius 3 is 2.68 bits per heavy atom. The van der Waals surface area contributed by atoms with E-state index in [1.165, 1.54) is 12.8 Å². The lowest BCUT2D eigenvalue weighted by Crippen LogP contribution is -2.52. The number of rotatable bonds is 3. The Balaban J connectivity index is 1.27. The van der Waals surface area contributed by atoms with Gasteiger partial charge in [-0.1, -0.05) is 6.07 Å². The van der Waals surface area contributed by atoms with Gasteiger partial charge in [-0.25, -0.2) is 4.79 Å². The van der Waals surface area contributed by atoms with Gasteiger partial charge in [0.1, 0.15) is 0 Å². The number of carbonyl (C=O) groups is 1. The van der Waals surface area contributed by atoms with Crippen LogP contribution in [0.2, 0.25) is 0 Å². The number of urea groups is 1. The Bertz CT molecular complexity index is 566. The largest absolute Gasteiger partial charge is 0.454 e. The highest BCUT2D eigenvalue weighted by Crippen LogP contribution is 2.32. The van der Waals surface area contributed by atoms with Crippen LogP contribution in [0.5, 0.6) is 11.5 Å². The van der Waals surface area contributed by atoms with Gasteiger partial charge in [0.2, 0.25) is 6.79 Å². The number of carbonyl (C=O) groups excluding carboxylic acids is 1. The highest BCUT2D eigenvalue weighted by atomic mass is 16.7. The number of fused-ring (bicyclic) bond motifs is 1. The Labute approximate surface area is 130 Å². The maximum Gasteiger partial charge on any atom is 0.317 e. The number of nitrogens with one attached hydrogen (secondary N) is 1. The fraction of sp³-hybridized carbons (Fsp3) is 0.562. The van der Waals surface area contributed by atoms with Crippen LogP contribution in [0.4, 0.5) is 4.79 Å². The van der Waals surface area contributed by atoms with E-state index in [1.807, 2.05) is 23.1 Å². The quantitative estimate of drug-likeness (QED) is 0.917. The first-order chi connectivity index (χ1) is 10.8. The van der Waals surface area contributed by atoms with E-state index in [4.69, 9.17) is 9.47 Å². The van der Waals surface area contributed by atoms with Gasteiger partial charge in [0, 0.05) is 38.8 Å². The van der Waals surface area contributed by atoms with Crippen LogP contribution in [-0.2, 0) is 6.54 Å². The summed E-state index contributed by atoms with van der Waals surface area (Å²) in [5, 5.41) is 2.99. The van der Waals surface area contributed by atoms with Gasteiger partial charge in [-0.15, -0.1) is 0 Å². The third-order valence-corrected chi connectivity index (χ3v) is 4.55. The summed E-state index contributed by atoms with van der Waals surface area (Å²) in [6.07, 6.45) is 2.66. The van der Waals surface area contributed by atoms with E-state index >= 15 is 0 Å². The number of ether oxygens (including phenoxy) is 2. The van der Waals surface area contributed by atoms with Crippen molar-refractivity contribution in [3.05, 3.63) is 23.8 Å². The normalized spacial score (nSPS) is 21.0. The summed E-state index contributed by atoms with van der Waals surface area (Å²) in [5.41, 5.74) is 1.02. The summed E-state index contributed by atoms with van der Waals surface area (Å²) >= 11 is 0. The minimum Gasteiger partial charge on any atom is -0.454 e. The van der Waals surface area contributed by atoms with E-state index in [9.17, 15) is 4.79 Å². The fourth-order valence-electron chi connectivity index (χ4n) is 3.07. The molecule has 0 bridgehead atoms. The molecule has 6 heteroatoms. The molecular weight excluding hydrogens is 282 g/mol. The van der Waals surface area contributed by atoms with Crippen LogP contribution < -0.4 is 14.8 Å². The molecule has 3 aliphatic rings. The first kappa shape index (κ1) is 13.7. The number of hydrogen-bond acceptors (Lipinski definition) is 4. The second kappa shape index (κ2) is 5.68. The minimum atomic E-state index is 0.0214. The minimum absolute atomic E-state index is 0.0214. The van der Waals surface area contributed by atoms with Crippen LogP contribution in [0, 0.1) is 0 Å². The van der Waals surface area contributed by atoms with Gasteiger partial charge in [-0.2, -0.15) is 0 Å². The summed E-state index contributed by atoms with van der Waals surface area (Å²) < 4.78 is 10.6. The molecule has 1 aromatic rings. The molecule has 1 saturated carbocycles. The van der Waals surface area contributed by atoms with Crippen molar-refractivity contribution in [1.82, 2.24) is 15.1 Å². The van der Waals surface area contributed by atoms with Gasteiger partial charge in [0.05, 0.1) is 0 Å². The van der Waals surface area contributed by atoms with Gasteiger partial charge < -0.3 is 19.7 Å². The number of piperazine rings is 1. The van der Waals surface area contributed by atoms with E-state index in [2.05, 4.69) is 10.2 Å². The van der Waals surface area contributed by atoms with Crippen LogP contribution in [0.25, 0.3) is 0 Å². The highest BCUT2D eigenvalue weighted by molar-refractivity contribution is 5.74. The Kier molecular flexibility index (Phi) is 3.54. The van der Waals surface area contributed by atoms with Gasteiger partial charge in [0.25, 0.3) is 0 Å². The third-order valence-electron chi connectivity index (χ3n) is 4.55. The molecule has 1 aliphatic carbocycles. The molecule has 0 unspecified atom stereocenters. The molecule has 0 atom stereocenters. The van der Waals surface area contributed by atoms with Crippen molar-refractivity contribution >= 4 is 6.03 Å². The molecule has 2 amide bonds. The summed E-state index contributed by atoms with van der Waals surface area (Å²) in [5.74, 6) is 1.52. The van der Waals surface area contributed by atoms with Gasteiger partial charge in [-0.3, -0.25) is 4.90 Å². The lowest BCUT2D eigenvalue weighted by atomic mass is 10.2. The van der Waals surface area contributed by atoms with Gasteiger partial charge >= 0.3 is 6.03 Å².